The van der Waals surface area contributed by atoms with E-state index in [1.807, 2.05) is 13.0 Å². The predicted octanol–water partition coefficient (Wildman–Crippen LogP) is 3.83. The second-order valence-corrected chi connectivity index (χ2v) is 14.2. The number of halogens is 1. The predicted molar refractivity (Wildman–Crippen MR) is 189 cm³/mol. The topological polar surface area (TPSA) is 156 Å². The number of rotatable bonds is 7. The van der Waals surface area contributed by atoms with Gasteiger partial charge in [0.2, 0.25) is 11.8 Å². The van der Waals surface area contributed by atoms with E-state index in [4.69, 9.17) is 35.3 Å². The number of methoxy groups -OCH3 is 2. The van der Waals surface area contributed by atoms with Gasteiger partial charge in [0.25, 0.3) is 0 Å². The number of allylic oxidation sites excluding steroid dienone is 3. The van der Waals surface area contributed by atoms with Crippen LogP contribution in [0.3, 0.4) is 0 Å². The summed E-state index contributed by atoms with van der Waals surface area (Å²) in [5, 5.41) is 14.4. The van der Waals surface area contributed by atoms with E-state index < -0.39 is 65.7 Å². The lowest BCUT2D eigenvalue weighted by Crippen LogP contribution is -2.63. The number of hydrogen-bond acceptors (Lipinski definition) is 11. The third-order valence-electron chi connectivity index (χ3n) is 9.85. The van der Waals surface area contributed by atoms with E-state index in [2.05, 4.69) is 17.9 Å². The van der Waals surface area contributed by atoms with Gasteiger partial charge in [-0.1, -0.05) is 42.3 Å². The van der Waals surface area contributed by atoms with Gasteiger partial charge in [0.15, 0.2) is 5.72 Å². The number of carbonyl (C=O) groups excluding carboxylic acids is 4. The number of nitrogens with zero attached hydrogens (tertiary/aromatic N) is 2. The summed E-state index contributed by atoms with van der Waals surface area (Å²) in [6.45, 7) is 6.96. The molecule has 0 radical (unpaired) electrons. The number of fused-ring (bicyclic) bond motifs is 5. The molecule has 3 heterocycles. The first-order valence-corrected chi connectivity index (χ1v) is 17.5. The summed E-state index contributed by atoms with van der Waals surface area (Å²) in [6.07, 6.45) is 1.08. The summed E-state index contributed by atoms with van der Waals surface area (Å²) >= 11 is 10.8. The van der Waals surface area contributed by atoms with Crippen LogP contribution in [0.25, 0.3) is 0 Å². The molecule has 3 aliphatic heterocycles. The number of esters is 1. The fourth-order valence-electron chi connectivity index (χ4n) is 6.49. The third-order valence-corrected chi connectivity index (χ3v) is 10.5. The van der Waals surface area contributed by atoms with Gasteiger partial charge in [0.1, 0.15) is 40.7 Å². The lowest BCUT2D eigenvalue weighted by molar-refractivity contribution is -0.161. The van der Waals surface area contributed by atoms with Crippen LogP contribution in [0.2, 0.25) is 5.02 Å². The quantitative estimate of drug-likeness (QED) is 0.214. The Morgan fingerprint density at radius 3 is 2.62 bits per heavy atom. The van der Waals surface area contributed by atoms with Crippen LogP contribution in [-0.2, 0) is 39.8 Å². The van der Waals surface area contributed by atoms with Gasteiger partial charge in [-0.2, -0.15) is 12.6 Å². The van der Waals surface area contributed by atoms with E-state index in [9.17, 15) is 24.3 Å². The van der Waals surface area contributed by atoms with E-state index >= 15 is 0 Å². The van der Waals surface area contributed by atoms with Gasteiger partial charge in [-0.05, 0) is 50.6 Å². The minimum atomic E-state index is -1.82. The van der Waals surface area contributed by atoms with Crippen molar-refractivity contribution in [2.75, 3.05) is 39.0 Å². The first-order valence-electron chi connectivity index (χ1n) is 16.4. The maximum Gasteiger partial charge on any atom is 0.409 e. The average Bonchev–Trinajstić information content (AvgIpc) is 3.76. The van der Waals surface area contributed by atoms with Crippen molar-refractivity contribution < 1.29 is 48.0 Å². The van der Waals surface area contributed by atoms with Gasteiger partial charge in [-0.15, -0.1) is 0 Å². The van der Waals surface area contributed by atoms with Gasteiger partial charge in [-0.3, -0.25) is 14.9 Å². The highest BCUT2D eigenvalue weighted by Gasteiger charge is 2.64. The molecule has 50 heavy (non-hydrogen) atoms. The Morgan fingerprint density at radius 2 is 1.98 bits per heavy atom. The lowest BCUT2D eigenvalue weighted by Gasteiger charge is -2.42. The highest BCUT2D eigenvalue weighted by Crippen LogP contribution is 2.49. The zero-order valence-electron chi connectivity index (χ0n) is 29.7. The molecule has 0 aliphatic carbocycles. The second-order valence-electron chi connectivity index (χ2n) is 13.4. The maximum absolute atomic E-state index is 14.0. The lowest BCUT2D eigenvalue weighted by atomic mass is 9.83. The minimum Gasteiger partial charge on any atom is -0.495 e. The zero-order chi connectivity index (χ0) is 37.1. The maximum atomic E-state index is 14.0. The molecule has 0 saturated carbocycles. The number of ether oxygens (including phenoxy) is 5. The molecule has 13 nitrogen and oxygen atoms in total. The largest absolute Gasteiger partial charge is 0.495 e. The van der Waals surface area contributed by atoms with Crippen LogP contribution in [0.1, 0.15) is 52.5 Å². The second kappa shape index (κ2) is 15.9. The van der Waals surface area contributed by atoms with E-state index in [1.54, 1.807) is 45.2 Å². The molecule has 0 unspecified atom stereocenters. The van der Waals surface area contributed by atoms with Crippen LogP contribution >= 0.6 is 24.2 Å². The number of aliphatic hydroxyl groups is 1. The number of benzene rings is 1. The van der Waals surface area contributed by atoms with Crippen LogP contribution < -0.4 is 15.0 Å². The highest BCUT2D eigenvalue weighted by molar-refractivity contribution is 7.80. The van der Waals surface area contributed by atoms with Gasteiger partial charge in [-0.25, -0.2) is 9.59 Å². The van der Waals surface area contributed by atoms with Gasteiger partial charge in [0.05, 0.1) is 25.3 Å². The fourth-order valence-corrected chi connectivity index (χ4v) is 6.99. The van der Waals surface area contributed by atoms with E-state index in [0.717, 1.165) is 11.1 Å². The summed E-state index contributed by atoms with van der Waals surface area (Å²) in [7, 11) is 5.98. The minimum absolute atomic E-state index is 0.0489. The van der Waals surface area contributed by atoms with Crippen LogP contribution in [0, 0.1) is 5.92 Å². The molecule has 15 heteroatoms. The number of amides is 3. The number of alkyl carbamates (subject to hydrolysis) is 1. The van der Waals surface area contributed by atoms with Crippen molar-refractivity contribution >= 4 is 53.8 Å². The Bertz CT molecular complexity index is 1540. The van der Waals surface area contributed by atoms with Gasteiger partial charge < -0.3 is 38.6 Å². The first kappa shape index (κ1) is 39.5. The summed E-state index contributed by atoms with van der Waals surface area (Å²) in [6, 6.07) is 2.60. The Hall–Kier alpha value is -3.30. The molecule has 1 aromatic carbocycles. The Labute approximate surface area is 303 Å². The van der Waals surface area contributed by atoms with Crippen LogP contribution in [-0.4, -0.2) is 110 Å². The van der Waals surface area contributed by atoms with Crippen molar-refractivity contribution in [2.24, 2.45) is 5.92 Å². The van der Waals surface area contributed by atoms with Crippen molar-refractivity contribution in [3.05, 3.63) is 46.5 Å². The molecule has 276 valence electrons. The fraction of sp³-hybridized carbons (Fsp3) is 0.600. The number of anilines is 1. The molecular weight excluding hydrogens is 690 g/mol. The molecular formula is C35H48ClN3O10S. The zero-order valence-corrected chi connectivity index (χ0v) is 31.4. The Kier molecular flexibility index (Phi) is 12.6. The standard InChI is InChI=1S/C35H48ClN3O10S/c1-19-10-9-11-26(46-8)35(44)18-25(47-33(43)37-35)20(2)31-34(4,49-31)27(48-32(42)21(3)38(5)28(40)12-13-50)17-29(41)39(6)23-15-22(14-19)16-24(45-7)30(23)36/h9-11,15-16,20-21,25-27,31,44,50H,12-14,17-18H2,1-8H3,(H,37,43)/b11-9+,19-10+/t20-,21-,25+,26-,27+,31+,34+,35+/m1/s1. The van der Waals surface area contributed by atoms with Crippen molar-refractivity contribution in [2.45, 2.75) is 95.2 Å². The molecule has 0 spiro atoms. The number of hydrogen-bond donors (Lipinski definition) is 3. The Morgan fingerprint density at radius 1 is 1.28 bits per heavy atom. The first-order chi connectivity index (χ1) is 23.5. The van der Waals surface area contributed by atoms with Crippen molar-refractivity contribution in [1.82, 2.24) is 10.2 Å². The number of thiol groups is 1. The summed E-state index contributed by atoms with van der Waals surface area (Å²) < 4.78 is 29.0. The Balaban J connectivity index is 1.78. The number of epoxide rings is 1. The number of carbonyl (C=O) groups is 4. The third kappa shape index (κ3) is 8.42. The SMILES string of the molecule is COc1cc2cc(c1Cl)N(C)C(=O)C[C@H](OC(=O)[C@@H](C)N(C)C(=O)CCS)[C@]1(C)O[C@H]1[C@H](C)[C@@H]1C[C@@](O)(NC(=O)O1)[C@H](OC)/C=C/C=C(\C)C2. The molecule has 0 aromatic heterocycles. The summed E-state index contributed by atoms with van der Waals surface area (Å²) in [5.74, 6) is -1.30. The number of nitrogens with one attached hydrogen (secondary N) is 1. The average molecular weight is 738 g/mol. The molecule has 3 amide bonds. The van der Waals surface area contributed by atoms with E-state index in [1.165, 1.54) is 38.0 Å². The summed E-state index contributed by atoms with van der Waals surface area (Å²) in [5.41, 5.74) is -0.903. The molecule has 3 aliphatic rings. The monoisotopic (exact) mass is 737 g/mol. The molecule has 4 rings (SSSR count). The number of likely N-dealkylation sites (N-methyl/N-ethyl adjacent to an activating group) is 1. The van der Waals surface area contributed by atoms with Gasteiger partial charge >= 0.3 is 12.1 Å². The van der Waals surface area contributed by atoms with Crippen LogP contribution in [0.5, 0.6) is 5.75 Å². The molecule has 4 bridgehead atoms. The summed E-state index contributed by atoms with van der Waals surface area (Å²) in [4.78, 5) is 55.6. The van der Waals surface area contributed by atoms with E-state index in [0.29, 0.717) is 23.6 Å². The van der Waals surface area contributed by atoms with Crippen molar-refractivity contribution in [3.63, 3.8) is 0 Å². The molecule has 1 aromatic rings. The molecule has 8 atom stereocenters. The highest BCUT2D eigenvalue weighted by atomic mass is 35.5. The van der Waals surface area contributed by atoms with Crippen molar-refractivity contribution in [1.29, 1.82) is 0 Å². The van der Waals surface area contributed by atoms with Crippen molar-refractivity contribution in [3.8, 4) is 5.75 Å². The smallest absolute Gasteiger partial charge is 0.409 e. The molecule has 2 N–H and O–H groups in total. The van der Waals surface area contributed by atoms with Gasteiger partial charge in [0, 0.05) is 40.0 Å². The van der Waals surface area contributed by atoms with E-state index in [-0.39, 0.29) is 30.2 Å². The normalized spacial score (nSPS) is 32.3. The molecule has 2 saturated heterocycles. The van der Waals surface area contributed by atoms with Crippen LogP contribution in [0.15, 0.2) is 35.9 Å². The van der Waals surface area contributed by atoms with Crippen LogP contribution in [0.4, 0.5) is 10.5 Å². The molecule has 2 fully saturated rings.